The summed E-state index contributed by atoms with van der Waals surface area (Å²) in [4.78, 5) is 28.9. The molecule has 4 rings (SSSR count). The zero-order chi connectivity index (χ0) is 15.9. The highest BCUT2D eigenvalue weighted by Gasteiger charge is 2.43. The number of carbonyl (C=O) groups excluding carboxylic acids is 2. The molecule has 0 aromatic heterocycles. The lowest BCUT2D eigenvalue weighted by atomic mass is 9.72. The SMILES string of the molecule is O=C1CCC2(CCN(C(=O)[C@H]3CCOC3)CC2)CN1CC1CC1. The Morgan fingerprint density at radius 2 is 1.96 bits per heavy atom. The van der Waals surface area contributed by atoms with Crippen LogP contribution in [0.15, 0.2) is 0 Å². The van der Waals surface area contributed by atoms with Gasteiger partial charge < -0.3 is 14.5 Å². The number of hydrogen-bond donors (Lipinski definition) is 0. The molecule has 5 nitrogen and oxygen atoms in total. The number of rotatable bonds is 3. The lowest BCUT2D eigenvalue weighted by Crippen LogP contribution is -2.53. The minimum absolute atomic E-state index is 0.0864. The molecule has 0 radical (unpaired) electrons. The van der Waals surface area contributed by atoms with Gasteiger partial charge in [0.15, 0.2) is 0 Å². The van der Waals surface area contributed by atoms with E-state index in [1.165, 1.54) is 12.8 Å². The van der Waals surface area contributed by atoms with Crippen molar-refractivity contribution < 1.29 is 14.3 Å². The number of likely N-dealkylation sites (tertiary alicyclic amines) is 2. The Balaban J connectivity index is 1.34. The zero-order valence-electron chi connectivity index (χ0n) is 14.0. The summed E-state index contributed by atoms with van der Waals surface area (Å²) in [5.41, 5.74) is 0.270. The predicted molar refractivity (Wildman–Crippen MR) is 85.7 cm³/mol. The van der Waals surface area contributed by atoms with Crippen LogP contribution in [0.4, 0.5) is 0 Å². The van der Waals surface area contributed by atoms with Crippen LogP contribution in [0.1, 0.15) is 44.9 Å². The first kappa shape index (κ1) is 15.4. The third-order valence-corrected chi connectivity index (χ3v) is 6.34. The molecule has 4 aliphatic rings. The first-order valence-electron chi connectivity index (χ1n) is 9.30. The Hall–Kier alpha value is -1.10. The fourth-order valence-corrected chi connectivity index (χ4v) is 4.48. The van der Waals surface area contributed by atoms with Gasteiger partial charge in [0.05, 0.1) is 12.5 Å². The van der Waals surface area contributed by atoms with E-state index < -0.39 is 0 Å². The number of piperidine rings is 2. The Bertz CT molecular complexity index is 475. The van der Waals surface area contributed by atoms with E-state index in [4.69, 9.17) is 4.74 Å². The van der Waals surface area contributed by atoms with E-state index in [1.807, 2.05) is 4.90 Å². The van der Waals surface area contributed by atoms with Crippen molar-refractivity contribution in [2.24, 2.45) is 17.3 Å². The Morgan fingerprint density at radius 3 is 2.61 bits per heavy atom. The lowest BCUT2D eigenvalue weighted by molar-refractivity contribution is -0.144. The second kappa shape index (κ2) is 6.08. The average Bonchev–Trinajstić information content (AvgIpc) is 3.21. The number of nitrogens with zero attached hydrogens (tertiary/aromatic N) is 2. The second-order valence-corrected chi connectivity index (χ2v) is 8.10. The number of amides is 2. The third-order valence-electron chi connectivity index (χ3n) is 6.34. The maximum Gasteiger partial charge on any atom is 0.228 e. The van der Waals surface area contributed by atoms with Gasteiger partial charge in [0.1, 0.15) is 0 Å². The van der Waals surface area contributed by atoms with Crippen LogP contribution in [0.25, 0.3) is 0 Å². The zero-order valence-corrected chi connectivity index (χ0v) is 14.0. The Labute approximate surface area is 138 Å². The average molecular weight is 320 g/mol. The second-order valence-electron chi connectivity index (χ2n) is 8.10. The van der Waals surface area contributed by atoms with Crippen LogP contribution in [-0.4, -0.2) is 61.0 Å². The molecule has 1 saturated carbocycles. The van der Waals surface area contributed by atoms with Crippen LogP contribution in [0.2, 0.25) is 0 Å². The lowest BCUT2D eigenvalue weighted by Gasteiger charge is -2.47. The molecule has 0 bridgehead atoms. The molecule has 23 heavy (non-hydrogen) atoms. The third kappa shape index (κ3) is 3.25. The first-order valence-corrected chi connectivity index (χ1v) is 9.30. The van der Waals surface area contributed by atoms with Crippen LogP contribution in [0.5, 0.6) is 0 Å². The predicted octanol–water partition coefficient (Wildman–Crippen LogP) is 1.66. The summed E-state index contributed by atoms with van der Waals surface area (Å²) in [5, 5.41) is 0. The minimum atomic E-state index is 0.0864. The molecule has 4 fully saturated rings. The van der Waals surface area contributed by atoms with Crippen LogP contribution >= 0.6 is 0 Å². The smallest absolute Gasteiger partial charge is 0.228 e. The van der Waals surface area contributed by atoms with E-state index >= 15 is 0 Å². The minimum Gasteiger partial charge on any atom is -0.381 e. The largest absolute Gasteiger partial charge is 0.381 e. The molecule has 3 aliphatic heterocycles. The molecule has 0 aromatic rings. The summed E-state index contributed by atoms with van der Waals surface area (Å²) in [6.07, 6.45) is 7.30. The summed E-state index contributed by atoms with van der Waals surface area (Å²) < 4.78 is 5.36. The van der Waals surface area contributed by atoms with E-state index in [1.54, 1.807) is 0 Å². The molecule has 1 spiro atoms. The van der Waals surface area contributed by atoms with Gasteiger partial charge in [-0.15, -0.1) is 0 Å². The molecular weight excluding hydrogens is 292 g/mol. The van der Waals surface area contributed by atoms with Crippen molar-refractivity contribution in [3.63, 3.8) is 0 Å². The fraction of sp³-hybridized carbons (Fsp3) is 0.889. The maximum absolute atomic E-state index is 12.5. The van der Waals surface area contributed by atoms with E-state index in [2.05, 4.69) is 4.90 Å². The van der Waals surface area contributed by atoms with Gasteiger partial charge in [0, 0.05) is 39.2 Å². The molecule has 0 unspecified atom stereocenters. The van der Waals surface area contributed by atoms with E-state index in [0.717, 1.165) is 64.4 Å². The van der Waals surface area contributed by atoms with E-state index in [-0.39, 0.29) is 11.3 Å². The highest BCUT2D eigenvalue weighted by molar-refractivity contribution is 5.79. The van der Waals surface area contributed by atoms with Crippen molar-refractivity contribution in [1.82, 2.24) is 9.80 Å². The monoisotopic (exact) mass is 320 g/mol. The van der Waals surface area contributed by atoms with Crippen molar-refractivity contribution in [2.45, 2.75) is 44.9 Å². The molecule has 128 valence electrons. The molecule has 2 amide bonds. The normalized spacial score (nSPS) is 31.0. The van der Waals surface area contributed by atoms with Gasteiger partial charge in [-0.25, -0.2) is 0 Å². The van der Waals surface area contributed by atoms with Crippen LogP contribution in [0.3, 0.4) is 0 Å². The summed E-state index contributed by atoms with van der Waals surface area (Å²) >= 11 is 0. The summed E-state index contributed by atoms with van der Waals surface area (Å²) in [6, 6.07) is 0. The van der Waals surface area contributed by atoms with Crippen molar-refractivity contribution in [3.05, 3.63) is 0 Å². The molecular formula is C18H28N2O3. The Kier molecular flexibility index (Phi) is 4.08. The van der Waals surface area contributed by atoms with Crippen molar-refractivity contribution in [3.8, 4) is 0 Å². The molecule has 3 saturated heterocycles. The summed E-state index contributed by atoms with van der Waals surface area (Å²) in [6.45, 7) is 4.96. The van der Waals surface area contributed by atoms with Gasteiger partial charge in [-0.2, -0.15) is 0 Å². The quantitative estimate of drug-likeness (QED) is 0.795. The van der Waals surface area contributed by atoms with Crippen LogP contribution in [0, 0.1) is 17.3 Å². The van der Waals surface area contributed by atoms with Crippen molar-refractivity contribution >= 4 is 11.8 Å². The van der Waals surface area contributed by atoms with E-state index in [0.29, 0.717) is 24.8 Å². The number of hydrogen-bond acceptors (Lipinski definition) is 3. The van der Waals surface area contributed by atoms with Crippen molar-refractivity contribution in [2.75, 3.05) is 39.4 Å². The topological polar surface area (TPSA) is 49.9 Å². The van der Waals surface area contributed by atoms with E-state index in [9.17, 15) is 9.59 Å². The van der Waals surface area contributed by atoms with Gasteiger partial charge >= 0.3 is 0 Å². The van der Waals surface area contributed by atoms with Gasteiger partial charge in [0.25, 0.3) is 0 Å². The molecule has 0 N–H and O–H groups in total. The number of ether oxygens (including phenoxy) is 1. The molecule has 1 atom stereocenters. The summed E-state index contributed by atoms with van der Waals surface area (Å²) in [5.74, 6) is 1.49. The highest BCUT2D eigenvalue weighted by atomic mass is 16.5. The van der Waals surface area contributed by atoms with Gasteiger partial charge in [-0.05, 0) is 49.9 Å². The highest BCUT2D eigenvalue weighted by Crippen LogP contribution is 2.42. The molecule has 5 heteroatoms. The van der Waals surface area contributed by atoms with Crippen molar-refractivity contribution in [1.29, 1.82) is 0 Å². The Morgan fingerprint density at radius 1 is 1.17 bits per heavy atom. The van der Waals surface area contributed by atoms with Crippen LogP contribution in [-0.2, 0) is 14.3 Å². The number of carbonyl (C=O) groups is 2. The standard InChI is InChI=1S/C18H28N2O3/c21-16-3-5-18(13-20(16)11-14-1-2-14)6-8-19(9-7-18)17(22)15-4-10-23-12-15/h14-15H,1-13H2/t15-/m0/s1. The molecule has 3 heterocycles. The summed E-state index contributed by atoms with van der Waals surface area (Å²) in [7, 11) is 0. The molecule has 0 aromatic carbocycles. The molecule has 1 aliphatic carbocycles. The maximum atomic E-state index is 12.5. The fourth-order valence-electron chi connectivity index (χ4n) is 4.48. The van der Waals surface area contributed by atoms with Gasteiger partial charge in [0.2, 0.25) is 11.8 Å². The van der Waals surface area contributed by atoms with Crippen LogP contribution < -0.4 is 0 Å². The van der Waals surface area contributed by atoms with Gasteiger partial charge in [-0.1, -0.05) is 0 Å². The first-order chi connectivity index (χ1) is 11.2. The van der Waals surface area contributed by atoms with Gasteiger partial charge in [-0.3, -0.25) is 9.59 Å².